The topological polar surface area (TPSA) is 3.24 Å². The minimum absolute atomic E-state index is 0.843. The summed E-state index contributed by atoms with van der Waals surface area (Å²) in [5, 5.41) is 0. The molecule has 0 bridgehead atoms. The summed E-state index contributed by atoms with van der Waals surface area (Å²) in [6, 6.07) is 17.8. The van der Waals surface area contributed by atoms with Crippen LogP contribution in [-0.2, 0) is 6.42 Å². The van der Waals surface area contributed by atoms with Crippen LogP contribution in [0.5, 0.6) is 0 Å². The fraction of sp³-hybridized carbons (Fsp3) is 0.400. The van der Waals surface area contributed by atoms with Crippen LogP contribution in [0.15, 0.2) is 48.5 Å². The number of aryl methyl sites for hydroxylation is 2. The molecule has 0 spiro atoms. The van der Waals surface area contributed by atoms with Crippen molar-refractivity contribution in [1.29, 1.82) is 0 Å². The molecule has 1 fully saturated rings. The van der Waals surface area contributed by atoms with Gasteiger partial charge in [-0.3, -0.25) is 0 Å². The normalized spacial score (nSPS) is 16.2. The van der Waals surface area contributed by atoms with E-state index in [0.717, 1.165) is 5.92 Å². The van der Waals surface area contributed by atoms with Crippen molar-refractivity contribution in [3.8, 4) is 0 Å². The third-order valence-electron chi connectivity index (χ3n) is 4.84. The van der Waals surface area contributed by atoms with Gasteiger partial charge in [-0.05, 0) is 67.9 Å². The number of piperidine rings is 1. The van der Waals surface area contributed by atoms with E-state index in [0.29, 0.717) is 0 Å². The van der Waals surface area contributed by atoms with Crippen molar-refractivity contribution < 1.29 is 0 Å². The average molecular weight is 279 g/mol. The average Bonchev–Trinajstić information content (AvgIpc) is 2.52. The molecule has 0 atom stereocenters. The van der Waals surface area contributed by atoms with Crippen LogP contribution in [0.1, 0.15) is 29.5 Å². The van der Waals surface area contributed by atoms with Crippen LogP contribution in [0.25, 0.3) is 0 Å². The van der Waals surface area contributed by atoms with Gasteiger partial charge in [-0.1, -0.05) is 36.4 Å². The summed E-state index contributed by atoms with van der Waals surface area (Å²) in [6.45, 7) is 6.78. The third kappa shape index (κ3) is 3.47. The molecule has 1 aliphatic heterocycles. The molecule has 0 N–H and O–H groups in total. The molecule has 0 unspecified atom stereocenters. The molecule has 3 rings (SSSR count). The summed E-state index contributed by atoms with van der Waals surface area (Å²) in [4.78, 5) is 2.55. The maximum absolute atomic E-state index is 2.55. The molecule has 2 aromatic rings. The number of anilines is 1. The Morgan fingerprint density at radius 3 is 2.29 bits per heavy atom. The zero-order chi connectivity index (χ0) is 14.7. The van der Waals surface area contributed by atoms with Gasteiger partial charge in [-0.2, -0.15) is 0 Å². The predicted molar refractivity (Wildman–Crippen MR) is 91.0 cm³/mol. The van der Waals surface area contributed by atoms with Crippen molar-refractivity contribution in [3.05, 3.63) is 65.2 Å². The van der Waals surface area contributed by atoms with E-state index >= 15 is 0 Å². The molecular formula is C20H25N. The molecule has 21 heavy (non-hydrogen) atoms. The highest BCUT2D eigenvalue weighted by Crippen LogP contribution is 2.26. The highest BCUT2D eigenvalue weighted by atomic mass is 15.1. The lowest BCUT2D eigenvalue weighted by Gasteiger charge is -2.34. The molecule has 1 heterocycles. The van der Waals surface area contributed by atoms with Crippen LogP contribution in [0, 0.1) is 19.8 Å². The van der Waals surface area contributed by atoms with Crippen LogP contribution >= 0.6 is 0 Å². The zero-order valence-corrected chi connectivity index (χ0v) is 13.2. The van der Waals surface area contributed by atoms with Gasteiger partial charge in [0.15, 0.2) is 0 Å². The molecule has 0 aliphatic carbocycles. The zero-order valence-electron chi connectivity index (χ0n) is 13.2. The smallest absolute Gasteiger partial charge is 0.0369 e. The number of benzene rings is 2. The van der Waals surface area contributed by atoms with Crippen molar-refractivity contribution in [2.75, 3.05) is 18.0 Å². The lowest BCUT2D eigenvalue weighted by Crippen LogP contribution is -2.34. The Morgan fingerprint density at radius 2 is 1.62 bits per heavy atom. The van der Waals surface area contributed by atoms with E-state index in [4.69, 9.17) is 0 Å². The molecule has 1 nitrogen and oxygen atoms in total. The van der Waals surface area contributed by atoms with Gasteiger partial charge in [0.05, 0.1) is 0 Å². The summed E-state index contributed by atoms with van der Waals surface area (Å²) in [7, 11) is 0. The van der Waals surface area contributed by atoms with Crippen LogP contribution in [0.4, 0.5) is 5.69 Å². The fourth-order valence-electron chi connectivity index (χ4n) is 3.27. The van der Waals surface area contributed by atoms with E-state index in [1.165, 1.54) is 54.7 Å². The van der Waals surface area contributed by atoms with Gasteiger partial charge in [0.1, 0.15) is 0 Å². The second kappa shape index (κ2) is 6.34. The van der Waals surface area contributed by atoms with Gasteiger partial charge in [0, 0.05) is 18.8 Å². The summed E-state index contributed by atoms with van der Waals surface area (Å²) in [5.41, 5.74) is 5.68. The van der Waals surface area contributed by atoms with Crippen molar-refractivity contribution in [2.24, 2.45) is 5.92 Å². The van der Waals surface area contributed by atoms with Gasteiger partial charge < -0.3 is 4.90 Å². The van der Waals surface area contributed by atoms with Crippen molar-refractivity contribution >= 4 is 5.69 Å². The SMILES string of the molecule is Cc1ccc(N2CCC(Cc3ccccc3)CC2)cc1C. The van der Waals surface area contributed by atoms with Gasteiger partial charge in [0.25, 0.3) is 0 Å². The van der Waals surface area contributed by atoms with E-state index in [-0.39, 0.29) is 0 Å². The molecule has 1 aliphatic rings. The van der Waals surface area contributed by atoms with Gasteiger partial charge in [-0.25, -0.2) is 0 Å². The Balaban J connectivity index is 1.58. The Morgan fingerprint density at radius 1 is 0.905 bits per heavy atom. The fourth-order valence-corrected chi connectivity index (χ4v) is 3.27. The van der Waals surface area contributed by atoms with Crippen molar-refractivity contribution in [2.45, 2.75) is 33.1 Å². The highest BCUT2D eigenvalue weighted by molar-refractivity contribution is 5.50. The highest BCUT2D eigenvalue weighted by Gasteiger charge is 2.19. The molecule has 0 saturated carbocycles. The van der Waals surface area contributed by atoms with E-state index in [2.05, 4.69) is 67.3 Å². The standard InChI is InChI=1S/C20H25N/c1-16-8-9-20(14-17(16)2)21-12-10-19(11-13-21)15-18-6-4-3-5-7-18/h3-9,14,19H,10-13,15H2,1-2H3. The number of nitrogens with zero attached hydrogens (tertiary/aromatic N) is 1. The van der Waals surface area contributed by atoms with Crippen LogP contribution in [-0.4, -0.2) is 13.1 Å². The summed E-state index contributed by atoms with van der Waals surface area (Å²) < 4.78 is 0. The second-order valence-electron chi connectivity index (χ2n) is 6.39. The molecule has 0 radical (unpaired) electrons. The molecular weight excluding hydrogens is 254 g/mol. The molecule has 1 saturated heterocycles. The third-order valence-corrected chi connectivity index (χ3v) is 4.84. The number of rotatable bonds is 3. The first-order valence-electron chi connectivity index (χ1n) is 8.08. The van der Waals surface area contributed by atoms with Crippen LogP contribution < -0.4 is 4.90 Å². The Kier molecular flexibility index (Phi) is 4.28. The second-order valence-corrected chi connectivity index (χ2v) is 6.39. The van der Waals surface area contributed by atoms with Gasteiger partial charge >= 0.3 is 0 Å². The molecule has 1 heteroatoms. The first-order chi connectivity index (χ1) is 10.2. The van der Waals surface area contributed by atoms with Gasteiger partial charge in [0.2, 0.25) is 0 Å². The largest absolute Gasteiger partial charge is 0.372 e. The first-order valence-corrected chi connectivity index (χ1v) is 8.08. The molecule has 110 valence electrons. The van der Waals surface area contributed by atoms with E-state index < -0.39 is 0 Å². The Bertz CT molecular complexity index is 580. The molecule has 2 aromatic carbocycles. The number of hydrogen-bond acceptors (Lipinski definition) is 1. The Labute approximate surface area is 128 Å². The van der Waals surface area contributed by atoms with E-state index in [1.54, 1.807) is 0 Å². The van der Waals surface area contributed by atoms with Crippen molar-refractivity contribution in [1.82, 2.24) is 0 Å². The predicted octanol–water partition coefficient (Wildman–Crippen LogP) is 4.76. The van der Waals surface area contributed by atoms with Crippen LogP contribution in [0.3, 0.4) is 0 Å². The van der Waals surface area contributed by atoms with E-state index in [1.807, 2.05) is 0 Å². The van der Waals surface area contributed by atoms with Crippen molar-refractivity contribution in [3.63, 3.8) is 0 Å². The lowest BCUT2D eigenvalue weighted by atomic mass is 9.90. The molecule has 0 aromatic heterocycles. The maximum atomic E-state index is 2.55. The van der Waals surface area contributed by atoms with Gasteiger partial charge in [-0.15, -0.1) is 0 Å². The van der Waals surface area contributed by atoms with Crippen LogP contribution in [0.2, 0.25) is 0 Å². The summed E-state index contributed by atoms with van der Waals surface area (Å²) in [5.74, 6) is 0.843. The minimum atomic E-state index is 0.843. The Hall–Kier alpha value is -1.76. The molecule has 0 amide bonds. The quantitative estimate of drug-likeness (QED) is 0.783. The maximum Gasteiger partial charge on any atom is 0.0369 e. The first kappa shape index (κ1) is 14.2. The van der Waals surface area contributed by atoms with E-state index in [9.17, 15) is 0 Å². The summed E-state index contributed by atoms with van der Waals surface area (Å²) >= 11 is 0. The number of hydrogen-bond donors (Lipinski definition) is 0. The minimum Gasteiger partial charge on any atom is -0.372 e. The summed E-state index contributed by atoms with van der Waals surface area (Å²) in [6.07, 6.45) is 3.85. The monoisotopic (exact) mass is 279 g/mol. The lowest BCUT2D eigenvalue weighted by molar-refractivity contribution is 0.403.